The van der Waals surface area contributed by atoms with Crippen LogP contribution >= 0.6 is 0 Å². The number of nitrogens with two attached hydrogens (primary N) is 1. The van der Waals surface area contributed by atoms with Crippen LogP contribution < -0.4 is 16.0 Å². The van der Waals surface area contributed by atoms with E-state index in [1.807, 2.05) is 59.5 Å². The Kier molecular flexibility index (Phi) is 3.69. The van der Waals surface area contributed by atoms with E-state index >= 15 is 0 Å². The lowest BCUT2D eigenvalue weighted by molar-refractivity contribution is 0.1000. The van der Waals surface area contributed by atoms with Gasteiger partial charge in [0, 0.05) is 17.1 Å². The van der Waals surface area contributed by atoms with E-state index in [1.165, 1.54) is 0 Å². The number of nitrogens with one attached hydrogen (secondary N) is 1. The Morgan fingerprint density at radius 2 is 1.82 bits per heavy atom. The predicted molar refractivity (Wildman–Crippen MR) is 109 cm³/mol. The summed E-state index contributed by atoms with van der Waals surface area (Å²) in [6, 6.07) is 23.4. The largest absolute Gasteiger partial charge is 0.366 e. The summed E-state index contributed by atoms with van der Waals surface area (Å²) >= 11 is 0. The van der Waals surface area contributed by atoms with Crippen molar-refractivity contribution in [3.63, 3.8) is 0 Å². The Hall–Kier alpha value is -3.93. The average Bonchev–Trinajstić information content (AvgIpc) is 3.13. The zero-order valence-corrected chi connectivity index (χ0v) is 14.9. The fourth-order valence-electron chi connectivity index (χ4n) is 3.56. The van der Waals surface area contributed by atoms with Gasteiger partial charge in [0.25, 0.3) is 0 Å². The van der Waals surface area contributed by atoms with E-state index in [-0.39, 0.29) is 6.17 Å². The molecule has 1 aliphatic rings. The third-order valence-electron chi connectivity index (χ3n) is 4.89. The Morgan fingerprint density at radius 1 is 1.00 bits per heavy atom. The highest BCUT2D eigenvalue weighted by atomic mass is 16.1. The molecular weight excluding hydrogens is 350 g/mol. The van der Waals surface area contributed by atoms with Crippen LogP contribution in [0.25, 0.3) is 10.9 Å². The van der Waals surface area contributed by atoms with Gasteiger partial charge >= 0.3 is 0 Å². The van der Waals surface area contributed by atoms with E-state index in [9.17, 15) is 4.79 Å². The summed E-state index contributed by atoms with van der Waals surface area (Å²) < 4.78 is 0. The highest BCUT2D eigenvalue weighted by Crippen LogP contribution is 2.44. The summed E-state index contributed by atoms with van der Waals surface area (Å²) in [5.74, 6) is 0.151. The van der Waals surface area contributed by atoms with Crippen LogP contribution in [0.5, 0.6) is 0 Å². The van der Waals surface area contributed by atoms with E-state index < -0.39 is 5.91 Å². The SMILES string of the molecule is NC(=O)c1ccnc(N2c3ccccc3NC2c2ccc3ccccc3n2)c1. The molecule has 0 fully saturated rings. The molecule has 6 heteroatoms. The molecule has 0 saturated heterocycles. The number of benzene rings is 2. The van der Waals surface area contributed by atoms with Crippen LogP contribution in [0, 0.1) is 0 Å². The van der Waals surface area contributed by atoms with Crippen LogP contribution in [0.2, 0.25) is 0 Å². The van der Waals surface area contributed by atoms with Crippen molar-refractivity contribution >= 4 is 34.0 Å². The lowest BCUT2D eigenvalue weighted by atomic mass is 10.1. The highest BCUT2D eigenvalue weighted by molar-refractivity contribution is 5.94. The van der Waals surface area contributed by atoms with Crippen molar-refractivity contribution in [2.24, 2.45) is 5.73 Å². The zero-order valence-electron chi connectivity index (χ0n) is 14.9. The second-order valence-electron chi connectivity index (χ2n) is 6.63. The third-order valence-corrected chi connectivity index (χ3v) is 4.89. The number of carbonyl (C=O) groups is 1. The third kappa shape index (κ3) is 2.63. The number of anilines is 3. The van der Waals surface area contributed by atoms with Crippen LogP contribution in [0.4, 0.5) is 17.2 Å². The van der Waals surface area contributed by atoms with Gasteiger partial charge < -0.3 is 11.1 Å². The minimum absolute atomic E-state index is 0.252. The van der Waals surface area contributed by atoms with Crippen LogP contribution in [0.15, 0.2) is 79.0 Å². The monoisotopic (exact) mass is 367 g/mol. The molecule has 3 heterocycles. The fraction of sp³-hybridized carbons (Fsp3) is 0.0455. The van der Waals surface area contributed by atoms with Crippen molar-refractivity contribution in [3.05, 3.63) is 90.3 Å². The minimum Gasteiger partial charge on any atom is -0.366 e. The number of pyridine rings is 2. The summed E-state index contributed by atoms with van der Waals surface area (Å²) in [7, 11) is 0. The fourth-order valence-corrected chi connectivity index (χ4v) is 3.56. The molecule has 1 amide bonds. The van der Waals surface area contributed by atoms with Gasteiger partial charge in [-0.3, -0.25) is 9.69 Å². The van der Waals surface area contributed by atoms with Crippen LogP contribution in [-0.2, 0) is 0 Å². The molecule has 4 aromatic rings. The molecule has 6 nitrogen and oxygen atoms in total. The van der Waals surface area contributed by atoms with Crippen LogP contribution in [-0.4, -0.2) is 15.9 Å². The second-order valence-corrected chi connectivity index (χ2v) is 6.63. The van der Waals surface area contributed by atoms with E-state index in [0.717, 1.165) is 28.0 Å². The van der Waals surface area contributed by atoms with Gasteiger partial charge in [0.1, 0.15) is 12.0 Å². The number of fused-ring (bicyclic) bond motifs is 2. The van der Waals surface area contributed by atoms with Gasteiger partial charge in [0.2, 0.25) is 5.91 Å². The molecule has 136 valence electrons. The van der Waals surface area contributed by atoms with Gasteiger partial charge in [-0.25, -0.2) is 9.97 Å². The molecule has 2 aromatic carbocycles. The van der Waals surface area contributed by atoms with E-state index in [0.29, 0.717) is 11.4 Å². The number of carbonyl (C=O) groups excluding carboxylic acids is 1. The molecule has 5 rings (SSSR count). The molecule has 0 bridgehead atoms. The summed E-state index contributed by atoms with van der Waals surface area (Å²) in [6.45, 7) is 0. The summed E-state index contributed by atoms with van der Waals surface area (Å²) in [6.07, 6.45) is 1.35. The van der Waals surface area contributed by atoms with Crippen molar-refractivity contribution < 1.29 is 4.79 Å². The molecule has 0 spiro atoms. The molecule has 28 heavy (non-hydrogen) atoms. The predicted octanol–water partition coefficient (Wildman–Crippen LogP) is 3.99. The van der Waals surface area contributed by atoms with Crippen molar-refractivity contribution in [1.29, 1.82) is 0 Å². The quantitative estimate of drug-likeness (QED) is 0.572. The molecule has 0 saturated carbocycles. The molecule has 2 aromatic heterocycles. The Bertz CT molecular complexity index is 1210. The number of hydrogen-bond acceptors (Lipinski definition) is 5. The Morgan fingerprint density at radius 3 is 2.71 bits per heavy atom. The van der Waals surface area contributed by atoms with Crippen molar-refractivity contribution in [1.82, 2.24) is 9.97 Å². The maximum absolute atomic E-state index is 11.7. The van der Waals surface area contributed by atoms with Gasteiger partial charge in [-0.2, -0.15) is 0 Å². The minimum atomic E-state index is -0.482. The molecule has 1 unspecified atom stereocenters. The number of aromatic nitrogens is 2. The number of rotatable bonds is 3. The van der Waals surface area contributed by atoms with Crippen molar-refractivity contribution in [2.45, 2.75) is 6.17 Å². The topological polar surface area (TPSA) is 84.1 Å². The molecule has 1 atom stereocenters. The van der Waals surface area contributed by atoms with Gasteiger partial charge in [0.15, 0.2) is 0 Å². The maximum atomic E-state index is 11.7. The number of nitrogens with zero attached hydrogens (tertiary/aromatic N) is 3. The smallest absolute Gasteiger partial charge is 0.248 e. The molecule has 0 radical (unpaired) electrons. The standard InChI is InChI=1S/C22H17N5O/c23-21(28)15-11-12-24-20(13-15)27-19-8-4-3-7-17(19)26-22(27)18-10-9-14-5-1-2-6-16(14)25-18/h1-13,22,26H,(H2,23,28). The van der Waals surface area contributed by atoms with Gasteiger partial charge in [-0.15, -0.1) is 0 Å². The lowest BCUT2D eigenvalue weighted by Crippen LogP contribution is -2.25. The Balaban J connectivity index is 1.66. The van der Waals surface area contributed by atoms with Crippen LogP contribution in [0.3, 0.4) is 0 Å². The summed E-state index contributed by atoms with van der Waals surface area (Å²) in [5.41, 5.74) is 9.63. The zero-order chi connectivity index (χ0) is 19.1. The molecule has 0 aliphatic carbocycles. The van der Waals surface area contributed by atoms with E-state index in [1.54, 1.807) is 18.3 Å². The van der Waals surface area contributed by atoms with E-state index in [2.05, 4.69) is 16.4 Å². The Labute approximate surface area is 161 Å². The lowest BCUT2D eigenvalue weighted by Gasteiger charge is -2.26. The number of para-hydroxylation sites is 3. The van der Waals surface area contributed by atoms with E-state index in [4.69, 9.17) is 10.7 Å². The first-order valence-electron chi connectivity index (χ1n) is 8.97. The van der Waals surface area contributed by atoms with Crippen molar-refractivity contribution in [3.8, 4) is 0 Å². The first-order chi connectivity index (χ1) is 13.7. The van der Waals surface area contributed by atoms with Gasteiger partial charge in [-0.05, 0) is 36.4 Å². The van der Waals surface area contributed by atoms with Crippen LogP contribution in [0.1, 0.15) is 22.2 Å². The first kappa shape index (κ1) is 16.3. The average molecular weight is 367 g/mol. The number of amides is 1. The van der Waals surface area contributed by atoms with Gasteiger partial charge in [-0.1, -0.05) is 36.4 Å². The number of primary amides is 1. The first-order valence-corrected chi connectivity index (χ1v) is 8.97. The summed E-state index contributed by atoms with van der Waals surface area (Å²) in [5, 5.41) is 4.61. The highest BCUT2D eigenvalue weighted by Gasteiger charge is 2.33. The summed E-state index contributed by atoms with van der Waals surface area (Å²) in [4.78, 5) is 23.0. The molecule has 1 aliphatic heterocycles. The molecular formula is C22H17N5O. The second kappa shape index (κ2) is 6.35. The van der Waals surface area contributed by atoms with Gasteiger partial charge in [0.05, 0.1) is 22.6 Å². The number of hydrogen-bond donors (Lipinski definition) is 2. The normalized spacial score (nSPS) is 15.3. The maximum Gasteiger partial charge on any atom is 0.248 e. The molecule has 3 N–H and O–H groups in total. The van der Waals surface area contributed by atoms with Crippen molar-refractivity contribution in [2.75, 3.05) is 10.2 Å².